The van der Waals surface area contributed by atoms with E-state index in [1.807, 2.05) is 27.7 Å². The highest BCUT2D eigenvalue weighted by Crippen LogP contribution is 2.23. The Hall–Kier alpha value is -1.13. The van der Waals surface area contributed by atoms with E-state index in [0.29, 0.717) is 17.1 Å². The standard InChI is InChI=1S/C14H21ClN2O2/c1-5-10(8-18)16-13(19)9-6-11(14(2,3)4)17-12(15)7-9/h6-7,10,18H,5,8H2,1-4H3,(H,16,19)/t10-/m1/s1. The normalized spacial score (nSPS) is 13.2. The average Bonchev–Trinajstić information content (AvgIpc) is 2.33. The molecule has 0 saturated heterocycles. The van der Waals surface area contributed by atoms with Crippen LogP contribution in [0.25, 0.3) is 0 Å². The molecule has 1 amide bonds. The molecule has 2 N–H and O–H groups in total. The van der Waals surface area contributed by atoms with E-state index in [4.69, 9.17) is 16.7 Å². The van der Waals surface area contributed by atoms with Gasteiger partial charge in [-0.25, -0.2) is 4.98 Å². The van der Waals surface area contributed by atoms with Crippen LogP contribution in [-0.4, -0.2) is 28.6 Å². The molecule has 0 fully saturated rings. The molecular weight excluding hydrogens is 264 g/mol. The summed E-state index contributed by atoms with van der Waals surface area (Å²) in [5, 5.41) is 12.2. The Morgan fingerprint density at radius 3 is 2.58 bits per heavy atom. The van der Waals surface area contributed by atoms with Gasteiger partial charge >= 0.3 is 0 Å². The minimum atomic E-state index is -0.240. The summed E-state index contributed by atoms with van der Waals surface area (Å²) in [6, 6.07) is 3.04. The van der Waals surface area contributed by atoms with Crippen molar-refractivity contribution in [3.8, 4) is 0 Å². The van der Waals surface area contributed by atoms with Gasteiger partial charge in [0.05, 0.1) is 12.6 Å². The Bertz CT molecular complexity index is 451. The number of amides is 1. The largest absolute Gasteiger partial charge is 0.394 e. The zero-order valence-corrected chi connectivity index (χ0v) is 12.6. The SMILES string of the molecule is CC[C@H](CO)NC(=O)c1cc(Cl)nc(C(C)(C)C)c1. The van der Waals surface area contributed by atoms with Crippen molar-refractivity contribution in [3.63, 3.8) is 0 Å². The fourth-order valence-corrected chi connectivity index (χ4v) is 1.77. The zero-order valence-electron chi connectivity index (χ0n) is 11.8. The molecule has 1 heterocycles. The minimum Gasteiger partial charge on any atom is -0.394 e. The van der Waals surface area contributed by atoms with Crippen LogP contribution < -0.4 is 5.32 Å². The van der Waals surface area contributed by atoms with Crippen LogP contribution in [0.3, 0.4) is 0 Å². The quantitative estimate of drug-likeness (QED) is 0.835. The van der Waals surface area contributed by atoms with Crippen molar-refractivity contribution >= 4 is 17.5 Å². The number of nitrogens with zero attached hydrogens (tertiary/aromatic N) is 1. The van der Waals surface area contributed by atoms with E-state index in [0.717, 1.165) is 5.69 Å². The van der Waals surface area contributed by atoms with Crippen molar-refractivity contribution < 1.29 is 9.90 Å². The summed E-state index contributed by atoms with van der Waals surface area (Å²) in [4.78, 5) is 16.3. The van der Waals surface area contributed by atoms with Crippen LogP contribution in [0.5, 0.6) is 0 Å². The molecule has 0 aliphatic rings. The highest BCUT2D eigenvalue weighted by molar-refractivity contribution is 6.29. The summed E-state index contributed by atoms with van der Waals surface area (Å²) in [5.74, 6) is -0.240. The van der Waals surface area contributed by atoms with Crippen molar-refractivity contribution in [2.75, 3.05) is 6.61 Å². The van der Waals surface area contributed by atoms with Crippen molar-refractivity contribution in [1.29, 1.82) is 0 Å². The van der Waals surface area contributed by atoms with E-state index < -0.39 is 0 Å². The summed E-state index contributed by atoms with van der Waals surface area (Å²) >= 11 is 5.96. The number of pyridine rings is 1. The first kappa shape index (κ1) is 15.9. The van der Waals surface area contributed by atoms with Crippen LogP contribution in [0.15, 0.2) is 12.1 Å². The number of carbonyl (C=O) groups excluding carboxylic acids is 1. The summed E-state index contributed by atoms with van der Waals surface area (Å²) in [7, 11) is 0. The molecule has 19 heavy (non-hydrogen) atoms. The van der Waals surface area contributed by atoms with E-state index >= 15 is 0 Å². The maximum atomic E-state index is 12.1. The highest BCUT2D eigenvalue weighted by atomic mass is 35.5. The molecule has 0 unspecified atom stereocenters. The number of hydrogen-bond acceptors (Lipinski definition) is 3. The Morgan fingerprint density at radius 1 is 1.47 bits per heavy atom. The van der Waals surface area contributed by atoms with E-state index in [9.17, 15) is 4.79 Å². The Morgan fingerprint density at radius 2 is 2.11 bits per heavy atom. The number of hydrogen-bond donors (Lipinski definition) is 2. The second-order valence-electron chi connectivity index (χ2n) is 5.57. The van der Waals surface area contributed by atoms with Gasteiger partial charge in [0.2, 0.25) is 0 Å². The van der Waals surface area contributed by atoms with Gasteiger partial charge in [-0.2, -0.15) is 0 Å². The lowest BCUT2D eigenvalue weighted by Gasteiger charge is -2.19. The summed E-state index contributed by atoms with van der Waals surface area (Å²) < 4.78 is 0. The average molecular weight is 285 g/mol. The molecule has 0 radical (unpaired) electrons. The van der Waals surface area contributed by atoms with Gasteiger partial charge in [0.25, 0.3) is 5.91 Å². The number of aliphatic hydroxyl groups excluding tert-OH is 1. The lowest BCUT2D eigenvalue weighted by molar-refractivity contribution is 0.0914. The Labute approximate surface area is 119 Å². The van der Waals surface area contributed by atoms with E-state index in [1.54, 1.807) is 6.07 Å². The first-order valence-electron chi connectivity index (χ1n) is 6.37. The van der Waals surface area contributed by atoms with E-state index in [-0.39, 0.29) is 24.0 Å². The molecule has 0 aliphatic carbocycles. The smallest absolute Gasteiger partial charge is 0.251 e. The topological polar surface area (TPSA) is 62.2 Å². The first-order chi connectivity index (χ1) is 8.77. The number of nitrogens with one attached hydrogen (secondary N) is 1. The number of halogens is 1. The summed E-state index contributed by atoms with van der Waals surface area (Å²) in [6.45, 7) is 7.86. The molecule has 4 nitrogen and oxygen atoms in total. The van der Waals surface area contributed by atoms with Crippen molar-refractivity contribution in [1.82, 2.24) is 10.3 Å². The van der Waals surface area contributed by atoms with Gasteiger partial charge in [0.1, 0.15) is 5.15 Å². The Kier molecular flexibility index (Phi) is 5.32. The number of aliphatic hydroxyl groups is 1. The van der Waals surface area contributed by atoms with Gasteiger partial charge in [-0.15, -0.1) is 0 Å². The lowest BCUT2D eigenvalue weighted by Crippen LogP contribution is -2.37. The number of rotatable bonds is 4. The van der Waals surface area contributed by atoms with Crippen LogP contribution in [-0.2, 0) is 5.41 Å². The van der Waals surface area contributed by atoms with Crippen LogP contribution in [0.2, 0.25) is 5.15 Å². The first-order valence-corrected chi connectivity index (χ1v) is 6.75. The zero-order chi connectivity index (χ0) is 14.6. The van der Waals surface area contributed by atoms with Gasteiger partial charge in [-0.05, 0) is 18.6 Å². The molecule has 1 atom stereocenters. The molecule has 5 heteroatoms. The predicted octanol–water partition coefficient (Wildman–Crippen LogP) is 2.53. The fraction of sp³-hybridized carbons (Fsp3) is 0.571. The van der Waals surface area contributed by atoms with Crippen LogP contribution in [0, 0.1) is 0 Å². The molecule has 1 rings (SSSR count). The molecule has 0 spiro atoms. The molecule has 0 aromatic carbocycles. The van der Waals surface area contributed by atoms with Crippen molar-refractivity contribution in [2.45, 2.75) is 45.6 Å². The van der Waals surface area contributed by atoms with Crippen LogP contribution >= 0.6 is 11.6 Å². The lowest BCUT2D eigenvalue weighted by atomic mass is 9.91. The van der Waals surface area contributed by atoms with Gasteiger partial charge in [0, 0.05) is 16.7 Å². The molecule has 1 aromatic heterocycles. The third-order valence-electron chi connectivity index (χ3n) is 2.87. The maximum Gasteiger partial charge on any atom is 0.251 e. The van der Waals surface area contributed by atoms with Crippen molar-refractivity contribution in [2.24, 2.45) is 0 Å². The maximum absolute atomic E-state index is 12.1. The van der Waals surface area contributed by atoms with Crippen LogP contribution in [0.4, 0.5) is 0 Å². The molecule has 106 valence electrons. The van der Waals surface area contributed by atoms with Gasteiger partial charge in [0.15, 0.2) is 0 Å². The van der Waals surface area contributed by atoms with Gasteiger partial charge in [-0.3, -0.25) is 4.79 Å². The second kappa shape index (κ2) is 6.35. The van der Waals surface area contributed by atoms with Crippen LogP contribution in [0.1, 0.15) is 50.2 Å². The number of aromatic nitrogens is 1. The molecule has 0 bridgehead atoms. The summed E-state index contributed by atoms with van der Waals surface area (Å²) in [6.07, 6.45) is 0.674. The molecule has 0 saturated carbocycles. The van der Waals surface area contributed by atoms with E-state index in [1.165, 1.54) is 6.07 Å². The monoisotopic (exact) mass is 284 g/mol. The summed E-state index contributed by atoms with van der Waals surface area (Å²) in [5.41, 5.74) is 1.06. The van der Waals surface area contributed by atoms with E-state index in [2.05, 4.69) is 10.3 Å². The third kappa shape index (κ3) is 4.48. The van der Waals surface area contributed by atoms with Gasteiger partial charge < -0.3 is 10.4 Å². The molecule has 1 aromatic rings. The molecule has 0 aliphatic heterocycles. The van der Waals surface area contributed by atoms with Gasteiger partial charge in [-0.1, -0.05) is 39.3 Å². The highest BCUT2D eigenvalue weighted by Gasteiger charge is 2.19. The third-order valence-corrected chi connectivity index (χ3v) is 3.07. The predicted molar refractivity (Wildman–Crippen MR) is 76.6 cm³/mol. The second-order valence-corrected chi connectivity index (χ2v) is 5.96. The fourth-order valence-electron chi connectivity index (χ4n) is 1.56. The Balaban J connectivity index is 3.01. The molecular formula is C14H21ClN2O2. The van der Waals surface area contributed by atoms with Crippen molar-refractivity contribution in [3.05, 3.63) is 28.5 Å². The minimum absolute atomic E-state index is 0.0762. The number of carbonyl (C=O) groups is 1.